The number of halogens is 3. The van der Waals surface area contributed by atoms with E-state index in [2.05, 4.69) is 9.88 Å². The van der Waals surface area contributed by atoms with E-state index in [1.807, 2.05) is 24.3 Å². The highest BCUT2D eigenvalue weighted by Gasteiger charge is 2.23. The highest BCUT2D eigenvalue weighted by molar-refractivity contribution is 6.30. The number of hydrogen-bond acceptors (Lipinski definition) is 3. The molecule has 1 fully saturated rings. The van der Waals surface area contributed by atoms with E-state index in [0.29, 0.717) is 37.1 Å². The van der Waals surface area contributed by atoms with Gasteiger partial charge in [0.2, 0.25) is 0 Å². The van der Waals surface area contributed by atoms with Gasteiger partial charge in [-0.15, -0.1) is 0 Å². The van der Waals surface area contributed by atoms with Crippen molar-refractivity contribution in [3.8, 4) is 0 Å². The molecule has 7 heteroatoms. The van der Waals surface area contributed by atoms with Gasteiger partial charge < -0.3 is 4.74 Å². The van der Waals surface area contributed by atoms with E-state index < -0.39 is 6.55 Å². The van der Waals surface area contributed by atoms with Crippen LogP contribution < -0.4 is 0 Å². The minimum Gasteiger partial charge on any atom is -0.371 e. The van der Waals surface area contributed by atoms with Crippen LogP contribution in [-0.4, -0.2) is 34.1 Å². The molecule has 2 aromatic rings. The Morgan fingerprint density at radius 1 is 1.32 bits per heavy atom. The summed E-state index contributed by atoms with van der Waals surface area (Å²) in [6.45, 7) is -0.295. The number of imidazole rings is 1. The molecule has 1 aromatic carbocycles. The van der Waals surface area contributed by atoms with E-state index in [4.69, 9.17) is 16.3 Å². The molecule has 0 amide bonds. The van der Waals surface area contributed by atoms with Crippen LogP contribution in [0.5, 0.6) is 0 Å². The van der Waals surface area contributed by atoms with Crippen LogP contribution in [-0.2, 0) is 11.3 Å². The SMILES string of the molecule is FC(F)n1ccnc1CN1CCO[C@H](c2ccc(Cl)cc2)C1. The maximum Gasteiger partial charge on any atom is 0.319 e. The first kappa shape index (κ1) is 15.4. The van der Waals surface area contributed by atoms with E-state index in [0.717, 1.165) is 10.1 Å². The van der Waals surface area contributed by atoms with E-state index in [9.17, 15) is 8.78 Å². The zero-order valence-electron chi connectivity index (χ0n) is 11.8. The normalized spacial score (nSPS) is 19.7. The maximum absolute atomic E-state index is 12.9. The van der Waals surface area contributed by atoms with Gasteiger partial charge in [-0.3, -0.25) is 9.47 Å². The van der Waals surface area contributed by atoms with Gasteiger partial charge >= 0.3 is 6.55 Å². The Labute approximate surface area is 132 Å². The van der Waals surface area contributed by atoms with Gasteiger partial charge in [0, 0.05) is 30.5 Å². The molecule has 0 aliphatic carbocycles. The van der Waals surface area contributed by atoms with Gasteiger partial charge in [0.25, 0.3) is 0 Å². The van der Waals surface area contributed by atoms with E-state index in [1.165, 1.54) is 12.4 Å². The van der Waals surface area contributed by atoms with Crippen LogP contribution in [0.25, 0.3) is 0 Å². The van der Waals surface area contributed by atoms with Crippen LogP contribution in [0, 0.1) is 0 Å². The maximum atomic E-state index is 12.9. The number of aromatic nitrogens is 2. The topological polar surface area (TPSA) is 30.3 Å². The van der Waals surface area contributed by atoms with Crippen LogP contribution >= 0.6 is 11.6 Å². The third-order valence-electron chi connectivity index (χ3n) is 3.72. The molecule has 1 atom stereocenters. The number of ether oxygens (including phenoxy) is 1. The van der Waals surface area contributed by atoms with Gasteiger partial charge in [-0.25, -0.2) is 4.98 Å². The van der Waals surface area contributed by atoms with E-state index >= 15 is 0 Å². The molecule has 3 rings (SSSR count). The summed E-state index contributed by atoms with van der Waals surface area (Å²) < 4.78 is 32.4. The van der Waals surface area contributed by atoms with Gasteiger partial charge in [-0.2, -0.15) is 8.78 Å². The standard InChI is InChI=1S/C15H16ClF2N3O/c16-12-3-1-11(2-4-12)13-9-20(7-8-22-13)10-14-19-5-6-21(14)15(17)18/h1-6,13,15H,7-10H2/t13-/m0/s1. The average molecular weight is 328 g/mol. The van der Waals surface area contributed by atoms with Crippen LogP contribution in [0.2, 0.25) is 5.02 Å². The summed E-state index contributed by atoms with van der Waals surface area (Å²) in [6.07, 6.45) is 2.62. The lowest BCUT2D eigenvalue weighted by Gasteiger charge is -2.33. The lowest BCUT2D eigenvalue weighted by molar-refractivity contribution is -0.0352. The predicted octanol–water partition coefficient (Wildman–Crippen LogP) is 3.51. The number of morpholine rings is 1. The number of nitrogens with zero attached hydrogens (tertiary/aromatic N) is 3. The first-order valence-electron chi connectivity index (χ1n) is 7.03. The summed E-state index contributed by atoms with van der Waals surface area (Å²) in [5.41, 5.74) is 1.03. The van der Waals surface area contributed by atoms with Crippen molar-refractivity contribution in [2.24, 2.45) is 0 Å². The lowest BCUT2D eigenvalue weighted by atomic mass is 10.1. The van der Waals surface area contributed by atoms with Crippen molar-refractivity contribution < 1.29 is 13.5 Å². The lowest BCUT2D eigenvalue weighted by Crippen LogP contribution is -2.38. The average Bonchev–Trinajstić information content (AvgIpc) is 2.96. The van der Waals surface area contributed by atoms with Gasteiger partial charge in [0.1, 0.15) is 5.82 Å². The Kier molecular flexibility index (Phi) is 4.71. The molecule has 0 bridgehead atoms. The fraction of sp³-hybridized carbons (Fsp3) is 0.400. The number of hydrogen-bond donors (Lipinski definition) is 0. The van der Waals surface area contributed by atoms with E-state index in [-0.39, 0.29) is 6.10 Å². The van der Waals surface area contributed by atoms with Crippen molar-refractivity contribution in [1.82, 2.24) is 14.5 Å². The van der Waals surface area contributed by atoms with Crippen molar-refractivity contribution in [3.05, 3.63) is 53.1 Å². The van der Waals surface area contributed by atoms with Crippen molar-refractivity contribution >= 4 is 11.6 Å². The second-order valence-electron chi connectivity index (χ2n) is 5.17. The molecule has 1 saturated heterocycles. The number of rotatable bonds is 4. The van der Waals surface area contributed by atoms with Gasteiger partial charge in [-0.1, -0.05) is 23.7 Å². The minimum atomic E-state index is -2.56. The molecular weight excluding hydrogens is 312 g/mol. The van der Waals surface area contributed by atoms with Crippen LogP contribution in [0.1, 0.15) is 24.0 Å². The Hall–Kier alpha value is -1.50. The second kappa shape index (κ2) is 6.73. The summed E-state index contributed by atoms with van der Waals surface area (Å²) >= 11 is 5.89. The molecular formula is C15H16ClF2N3O. The van der Waals surface area contributed by atoms with Gasteiger partial charge in [0.05, 0.1) is 19.3 Å². The van der Waals surface area contributed by atoms with Crippen LogP contribution in [0.4, 0.5) is 8.78 Å². The number of alkyl halides is 2. The smallest absolute Gasteiger partial charge is 0.319 e. The Balaban J connectivity index is 1.68. The minimum absolute atomic E-state index is 0.0824. The summed E-state index contributed by atoms with van der Waals surface area (Å²) in [7, 11) is 0. The highest BCUT2D eigenvalue weighted by atomic mass is 35.5. The summed E-state index contributed by atoms with van der Waals surface area (Å²) in [5, 5.41) is 0.676. The van der Waals surface area contributed by atoms with Crippen molar-refractivity contribution in [3.63, 3.8) is 0 Å². The van der Waals surface area contributed by atoms with Crippen molar-refractivity contribution in [2.75, 3.05) is 19.7 Å². The largest absolute Gasteiger partial charge is 0.371 e. The zero-order valence-corrected chi connectivity index (χ0v) is 12.6. The molecule has 1 aliphatic heterocycles. The van der Waals surface area contributed by atoms with E-state index in [1.54, 1.807) is 0 Å². The summed E-state index contributed by atoms with van der Waals surface area (Å²) in [4.78, 5) is 6.10. The molecule has 1 aliphatic rings. The Bertz CT molecular complexity index is 618. The fourth-order valence-corrected chi connectivity index (χ4v) is 2.70. The molecule has 0 unspecified atom stereocenters. The molecule has 1 aromatic heterocycles. The number of benzene rings is 1. The molecule has 0 spiro atoms. The molecule has 0 saturated carbocycles. The third kappa shape index (κ3) is 3.45. The summed E-state index contributed by atoms with van der Waals surface area (Å²) in [5.74, 6) is 0.367. The predicted molar refractivity (Wildman–Crippen MR) is 78.9 cm³/mol. The second-order valence-corrected chi connectivity index (χ2v) is 5.61. The molecule has 22 heavy (non-hydrogen) atoms. The van der Waals surface area contributed by atoms with Gasteiger partial charge in [-0.05, 0) is 17.7 Å². The Morgan fingerprint density at radius 3 is 2.82 bits per heavy atom. The quantitative estimate of drug-likeness (QED) is 0.861. The highest BCUT2D eigenvalue weighted by Crippen LogP contribution is 2.25. The summed E-state index contributed by atoms with van der Waals surface area (Å²) in [6, 6.07) is 7.50. The van der Waals surface area contributed by atoms with Gasteiger partial charge in [0.15, 0.2) is 0 Å². The fourth-order valence-electron chi connectivity index (χ4n) is 2.57. The monoisotopic (exact) mass is 327 g/mol. The molecule has 2 heterocycles. The molecule has 0 N–H and O–H groups in total. The van der Waals surface area contributed by atoms with Crippen molar-refractivity contribution in [2.45, 2.75) is 19.2 Å². The molecule has 4 nitrogen and oxygen atoms in total. The first-order chi connectivity index (χ1) is 10.6. The van der Waals surface area contributed by atoms with Crippen LogP contribution in [0.3, 0.4) is 0 Å². The third-order valence-corrected chi connectivity index (χ3v) is 3.97. The molecule has 0 radical (unpaired) electrons. The zero-order chi connectivity index (χ0) is 15.5. The first-order valence-corrected chi connectivity index (χ1v) is 7.40. The molecule has 118 valence electrons. The van der Waals surface area contributed by atoms with Crippen LogP contribution in [0.15, 0.2) is 36.7 Å². The van der Waals surface area contributed by atoms with Crippen molar-refractivity contribution in [1.29, 1.82) is 0 Å². The Morgan fingerprint density at radius 2 is 2.09 bits per heavy atom.